The molecule has 98 valence electrons. The predicted octanol–water partition coefficient (Wildman–Crippen LogP) is 0.225. The van der Waals surface area contributed by atoms with Crippen molar-refractivity contribution in [1.29, 1.82) is 0 Å². The maximum Gasteiger partial charge on any atom is 0.256 e. The first-order valence-electron chi connectivity index (χ1n) is 6.11. The molecule has 0 unspecified atom stereocenters. The summed E-state index contributed by atoms with van der Waals surface area (Å²) in [7, 11) is 4.16. The number of amides is 1. The lowest BCUT2D eigenvalue weighted by molar-refractivity contribution is 0.0662. The summed E-state index contributed by atoms with van der Waals surface area (Å²) in [5.74, 6) is 0.185. The molecule has 0 bridgehead atoms. The molecule has 2 heterocycles. The Morgan fingerprint density at radius 1 is 1.33 bits per heavy atom. The molecule has 1 aliphatic heterocycles. The standard InChI is InChI=1S/C12H19N5O/c1-16(2)10-3-5-17(6-4-10)11(18)9-7-14-12(13)15-8-9/h7-8,10H,3-6H2,1-2H3,(H2,13,14,15). The van der Waals surface area contributed by atoms with Crippen LogP contribution < -0.4 is 5.73 Å². The number of rotatable bonds is 2. The third-order valence-corrected chi connectivity index (χ3v) is 3.40. The first-order chi connectivity index (χ1) is 8.58. The van der Waals surface area contributed by atoms with Crippen LogP contribution in [0.1, 0.15) is 23.2 Å². The lowest BCUT2D eigenvalue weighted by Crippen LogP contribution is -2.44. The highest BCUT2D eigenvalue weighted by atomic mass is 16.2. The second-order valence-electron chi connectivity index (χ2n) is 4.82. The Labute approximate surface area is 107 Å². The molecule has 1 fully saturated rings. The lowest BCUT2D eigenvalue weighted by Gasteiger charge is -2.35. The van der Waals surface area contributed by atoms with Gasteiger partial charge in [-0.1, -0.05) is 0 Å². The molecule has 0 aromatic carbocycles. The van der Waals surface area contributed by atoms with E-state index in [1.165, 1.54) is 12.4 Å². The van der Waals surface area contributed by atoms with E-state index in [0.717, 1.165) is 25.9 Å². The van der Waals surface area contributed by atoms with Crippen molar-refractivity contribution in [2.45, 2.75) is 18.9 Å². The molecule has 2 N–H and O–H groups in total. The van der Waals surface area contributed by atoms with Gasteiger partial charge in [0.05, 0.1) is 5.56 Å². The van der Waals surface area contributed by atoms with Crippen LogP contribution in [-0.2, 0) is 0 Å². The minimum Gasteiger partial charge on any atom is -0.368 e. The first kappa shape index (κ1) is 12.8. The number of piperidine rings is 1. The van der Waals surface area contributed by atoms with Gasteiger partial charge in [0, 0.05) is 31.5 Å². The molecule has 1 saturated heterocycles. The van der Waals surface area contributed by atoms with E-state index < -0.39 is 0 Å². The van der Waals surface area contributed by atoms with E-state index in [2.05, 4.69) is 29.0 Å². The number of hydrogen-bond acceptors (Lipinski definition) is 5. The van der Waals surface area contributed by atoms with E-state index in [4.69, 9.17) is 5.73 Å². The van der Waals surface area contributed by atoms with Crippen LogP contribution in [0.3, 0.4) is 0 Å². The quantitative estimate of drug-likeness (QED) is 0.811. The van der Waals surface area contributed by atoms with Crippen molar-refractivity contribution >= 4 is 11.9 Å². The van der Waals surface area contributed by atoms with Crippen molar-refractivity contribution in [3.05, 3.63) is 18.0 Å². The van der Waals surface area contributed by atoms with E-state index in [1.807, 2.05) is 4.90 Å². The minimum atomic E-state index is -0.00722. The van der Waals surface area contributed by atoms with Crippen LogP contribution in [0.2, 0.25) is 0 Å². The molecule has 6 nitrogen and oxygen atoms in total. The molecule has 18 heavy (non-hydrogen) atoms. The van der Waals surface area contributed by atoms with Gasteiger partial charge in [-0.2, -0.15) is 0 Å². The smallest absolute Gasteiger partial charge is 0.256 e. The van der Waals surface area contributed by atoms with Crippen molar-refractivity contribution in [3.8, 4) is 0 Å². The number of nitrogen functional groups attached to an aromatic ring is 1. The molecule has 6 heteroatoms. The average molecular weight is 249 g/mol. The maximum atomic E-state index is 12.2. The van der Waals surface area contributed by atoms with E-state index in [1.54, 1.807) is 0 Å². The highest BCUT2D eigenvalue weighted by Gasteiger charge is 2.24. The fraction of sp³-hybridized carbons (Fsp3) is 0.583. The van der Waals surface area contributed by atoms with Gasteiger partial charge in [-0.15, -0.1) is 0 Å². The zero-order chi connectivity index (χ0) is 13.1. The fourth-order valence-corrected chi connectivity index (χ4v) is 2.22. The molecule has 0 atom stereocenters. The van der Waals surface area contributed by atoms with Crippen LogP contribution in [0.5, 0.6) is 0 Å². The summed E-state index contributed by atoms with van der Waals surface area (Å²) in [6, 6.07) is 0.566. The monoisotopic (exact) mass is 249 g/mol. The van der Waals surface area contributed by atoms with Crippen molar-refractivity contribution in [2.24, 2.45) is 0 Å². The van der Waals surface area contributed by atoms with Gasteiger partial charge in [0.2, 0.25) is 5.95 Å². The van der Waals surface area contributed by atoms with Gasteiger partial charge < -0.3 is 15.5 Å². The van der Waals surface area contributed by atoms with Crippen molar-refractivity contribution in [2.75, 3.05) is 32.9 Å². The number of carbonyl (C=O) groups excluding carboxylic acids is 1. The zero-order valence-electron chi connectivity index (χ0n) is 10.8. The van der Waals surface area contributed by atoms with E-state index in [9.17, 15) is 4.79 Å². The largest absolute Gasteiger partial charge is 0.368 e. The van der Waals surface area contributed by atoms with Crippen LogP contribution in [-0.4, -0.2) is 58.9 Å². The maximum absolute atomic E-state index is 12.2. The van der Waals surface area contributed by atoms with Gasteiger partial charge in [-0.25, -0.2) is 9.97 Å². The van der Waals surface area contributed by atoms with Crippen LogP contribution in [0.4, 0.5) is 5.95 Å². The molecular weight excluding hydrogens is 230 g/mol. The zero-order valence-corrected chi connectivity index (χ0v) is 10.8. The Hall–Kier alpha value is -1.69. The van der Waals surface area contributed by atoms with E-state index in [-0.39, 0.29) is 11.9 Å². The number of carbonyl (C=O) groups is 1. The van der Waals surface area contributed by atoms with Gasteiger partial charge in [-0.05, 0) is 26.9 Å². The summed E-state index contributed by atoms with van der Waals surface area (Å²) in [6.07, 6.45) is 4.99. The summed E-state index contributed by atoms with van der Waals surface area (Å²) in [4.78, 5) is 23.9. The van der Waals surface area contributed by atoms with Crippen LogP contribution in [0.15, 0.2) is 12.4 Å². The third kappa shape index (κ3) is 2.76. The number of likely N-dealkylation sites (tertiary alicyclic amines) is 1. The molecule has 2 rings (SSSR count). The Balaban J connectivity index is 1.97. The Morgan fingerprint density at radius 3 is 2.39 bits per heavy atom. The number of nitrogens with zero attached hydrogens (tertiary/aromatic N) is 4. The van der Waals surface area contributed by atoms with Crippen LogP contribution in [0.25, 0.3) is 0 Å². The summed E-state index contributed by atoms with van der Waals surface area (Å²) in [5, 5.41) is 0. The SMILES string of the molecule is CN(C)C1CCN(C(=O)c2cnc(N)nc2)CC1. The van der Waals surface area contributed by atoms with Gasteiger partial charge in [-0.3, -0.25) is 4.79 Å². The highest BCUT2D eigenvalue weighted by molar-refractivity contribution is 5.93. The van der Waals surface area contributed by atoms with Gasteiger partial charge >= 0.3 is 0 Å². The second kappa shape index (κ2) is 5.30. The topological polar surface area (TPSA) is 75.3 Å². The Kier molecular flexibility index (Phi) is 3.76. The fourth-order valence-electron chi connectivity index (χ4n) is 2.22. The summed E-state index contributed by atoms with van der Waals surface area (Å²) in [6.45, 7) is 1.57. The second-order valence-corrected chi connectivity index (χ2v) is 4.82. The molecule has 0 spiro atoms. The van der Waals surface area contributed by atoms with Gasteiger partial charge in [0.1, 0.15) is 0 Å². The predicted molar refractivity (Wildman–Crippen MR) is 69.1 cm³/mol. The molecule has 0 saturated carbocycles. The lowest BCUT2D eigenvalue weighted by atomic mass is 10.0. The average Bonchev–Trinajstić information content (AvgIpc) is 2.39. The molecule has 1 aromatic rings. The normalized spacial score (nSPS) is 17.2. The molecule has 1 aliphatic rings. The molecule has 1 aromatic heterocycles. The number of aromatic nitrogens is 2. The van der Waals surface area contributed by atoms with Crippen molar-refractivity contribution in [1.82, 2.24) is 19.8 Å². The van der Waals surface area contributed by atoms with E-state index in [0.29, 0.717) is 11.6 Å². The number of anilines is 1. The number of nitrogens with two attached hydrogens (primary N) is 1. The van der Waals surface area contributed by atoms with Crippen LogP contribution in [0, 0.1) is 0 Å². The Bertz CT molecular complexity index is 409. The van der Waals surface area contributed by atoms with Crippen molar-refractivity contribution < 1.29 is 4.79 Å². The highest BCUT2D eigenvalue weighted by Crippen LogP contribution is 2.16. The Morgan fingerprint density at radius 2 is 1.89 bits per heavy atom. The van der Waals surface area contributed by atoms with Gasteiger partial charge in [0.15, 0.2) is 0 Å². The first-order valence-corrected chi connectivity index (χ1v) is 6.11. The summed E-state index contributed by atoms with van der Waals surface area (Å²) < 4.78 is 0. The van der Waals surface area contributed by atoms with Gasteiger partial charge in [0.25, 0.3) is 5.91 Å². The molecule has 0 radical (unpaired) electrons. The molecule has 1 amide bonds. The third-order valence-electron chi connectivity index (χ3n) is 3.40. The van der Waals surface area contributed by atoms with Crippen molar-refractivity contribution in [3.63, 3.8) is 0 Å². The summed E-state index contributed by atoms with van der Waals surface area (Å²) >= 11 is 0. The molecule has 0 aliphatic carbocycles. The molecular formula is C12H19N5O. The number of hydrogen-bond donors (Lipinski definition) is 1. The minimum absolute atomic E-state index is 0.00722. The van der Waals surface area contributed by atoms with E-state index >= 15 is 0 Å². The van der Waals surface area contributed by atoms with Crippen LogP contribution >= 0.6 is 0 Å². The summed E-state index contributed by atoms with van der Waals surface area (Å²) in [5.41, 5.74) is 5.91.